The molecule has 0 radical (unpaired) electrons. The Bertz CT molecular complexity index is 686. The molecule has 0 unspecified atom stereocenters. The summed E-state index contributed by atoms with van der Waals surface area (Å²) in [4.78, 5) is 4.02. The van der Waals surface area contributed by atoms with Crippen molar-refractivity contribution in [1.29, 1.82) is 0 Å². The first-order valence-electron chi connectivity index (χ1n) is 7.10. The van der Waals surface area contributed by atoms with Crippen molar-refractivity contribution in [2.45, 2.75) is 11.7 Å². The zero-order valence-corrected chi connectivity index (χ0v) is 12.9. The SMILES string of the molecule is c1ccc(-n2nnnc2SCC[NH2+]Cc2ccncc2)cc1. The predicted molar refractivity (Wildman–Crippen MR) is 84.6 cm³/mol. The molecule has 0 aliphatic carbocycles. The standard InChI is InChI=1S/C15H16N6S/c1-2-4-14(5-3-1)21-15(18-19-20-21)22-11-10-17-12-13-6-8-16-9-7-13/h1-9,17H,10-12H2/p+1. The van der Waals surface area contributed by atoms with Gasteiger partial charge in [-0.3, -0.25) is 4.98 Å². The van der Waals surface area contributed by atoms with Crippen LogP contribution in [0.5, 0.6) is 0 Å². The third-order valence-electron chi connectivity index (χ3n) is 3.12. The lowest BCUT2D eigenvalue weighted by Crippen LogP contribution is -2.83. The smallest absolute Gasteiger partial charge is 0.214 e. The Morgan fingerprint density at radius 3 is 2.68 bits per heavy atom. The molecular formula is C15H17N6S+. The van der Waals surface area contributed by atoms with Gasteiger partial charge in [0, 0.05) is 18.0 Å². The maximum absolute atomic E-state index is 4.09. The fourth-order valence-electron chi connectivity index (χ4n) is 2.02. The molecule has 112 valence electrons. The fourth-order valence-corrected chi connectivity index (χ4v) is 2.85. The van der Waals surface area contributed by atoms with Crippen LogP contribution in [0.3, 0.4) is 0 Å². The summed E-state index contributed by atoms with van der Waals surface area (Å²) in [6.07, 6.45) is 3.65. The summed E-state index contributed by atoms with van der Waals surface area (Å²) in [5.41, 5.74) is 2.27. The van der Waals surface area contributed by atoms with Gasteiger partial charge in [-0.15, -0.1) is 5.10 Å². The van der Waals surface area contributed by atoms with Gasteiger partial charge >= 0.3 is 0 Å². The molecule has 0 fully saturated rings. The Balaban J connectivity index is 1.48. The van der Waals surface area contributed by atoms with Crippen LogP contribution in [0.15, 0.2) is 60.0 Å². The minimum absolute atomic E-state index is 0.823. The highest BCUT2D eigenvalue weighted by Gasteiger charge is 2.08. The van der Waals surface area contributed by atoms with Crippen LogP contribution in [0.2, 0.25) is 0 Å². The van der Waals surface area contributed by atoms with E-state index in [-0.39, 0.29) is 0 Å². The van der Waals surface area contributed by atoms with E-state index >= 15 is 0 Å². The van der Waals surface area contributed by atoms with Crippen LogP contribution in [0, 0.1) is 0 Å². The van der Waals surface area contributed by atoms with Crippen LogP contribution in [0.4, 0.5) is 0 Å². The normalized spacial score (nSPS) is 10.7. The summed E-state index contributed by atoms with van der Waals surface area (Å²) >= 11 is 1.67. The van der Waals surface area contributed by atoms with Crippen molar-refractivity contribution in [2.75, 3.05) is 12.3 Å². The Hall–Kier alpha value is -2.25. The van der Waals surface area contributed by atoms with Gasteiger partial charge in [0.05, 0.1) is 18.0 Å². The molecule has 2 heterocycles. The summed E-state index contributed by atoms with van der Waals surface area (Å²) in [5, 5.41) is 15.0. The number of para-hydroxylation sites is 1. The molecule has 3 aromatic rings. The molecule has 0 atom stereocenters. The third kappa shape index (κ3) is 3.90. The van der Waals surface area contributed by atoms with Gasteiger partial charge in [-0.05, 0) is 34.7 Å². The monoisotopic (exact) mass is 313 g/mol. The van der Waals surface area contributed by atoms with E-state index in [1.165, 1.54) is 5.56 Å². The number of hydrogen-bond acceptors (Lipinski definition) is 5. The minimum Gasteiger partial charge on any atom is -0.342 e. The Morgan fingerprint density at radius 2 is 1.86 bits per heavy atom. The molecule has 0 saturated heterocycles. The molecule has 0 spiro atoms. The van der Waals surface area contributed by atoms with E-state index in [0.29, 0.717) is 0 Å². The number of pyridine rings is 1. The van der Waals surface area contributed by atoms with Crippen molar-refractivity contribution in [3.8, 4) is 5.69 Å². The van der Waals surface area contributed by atoms with Gasteiger partial charge in [-0.25, -0.2) is 0 Å². The lowest BCUT2D eigenvalue weighted by Gasteiger charge is -2.04. The molecule has 0 aliphatic rings. The van der Waals surface area contributed by atoms with Gasteiger partial charge < -0.3 is 5.32 Å². The second-order valence-corrected chi connectivity index (χ2v) is 5.76. The molecule has 2 N–H and O–H groups in total. The Labute approximate surface area is 133 Å². The van der Waals surface area contributed by atoms with E-state index in [1.807, 2.05) is 54.9 Å². The number of rotatable bonds is 7. The van der Waals surface area contributed by atoms with Gasteiger partial charge in [0.25, 0.3) is 0 Å². The number of quaternary nitrogens is 1. The highest BCUT2D eigenvalue weighted by molar-refractivity contribution is 7.99. The van der Waals surface area contributed by atoms with E-state index in [4.69, 9.17) is 0 Å². The van der Waals surface area contributed by atoms with Gasteiger partial charge in [0.15, 0.2) is 0 Å². The molecule has 0 amide bonds. The van der Waals surface area contributed by atoms with Crippen molar-refractivity contribution < 1.29 is 5.32 Å². The van der Waals surface area contributed by atoms with Crippen molar-refractivity contribution >= 4 is 11.8 Å². The number of tetrazole rings is 1. The molecule has 7 heteroatoms. The highest BCUT2D eigenvalue weighted by Crippen LogP contribution is 2.16. The Kier molecular flexibility index (Phi) is 5.12. The molecule has 1 aromatic carbocycles. The van der Waals surface area contributed by atoms with Crippen molar-refractivity contribution in [2.24, 2.45) is 0 Å². The predicted octanol–water partition coefficient (Wildman–Crippen LogP) is 0.913. The topological polar surface area (TPSA) is 73.1 Å². The van der Waals surface area contributed by atoms with Gasteiger partial charge in [-0.1, -0.05) is 30.0 Å². The number of nitrogens with zero attached hydrogens (tertiary/aromatic N) is 5. The maximum atomic E-state index is 4.09. The Morgan fingerprint density at radius 1 is 1.05 bits per heavy atom. The van der Waals surface area contributed by atoms with E-state index in [1.54, 1.807) is 16.4 Å². The van der Waals surface area contributed by atoms with Crippen LogP contribution in [-0.4, -0.2) is 37.5 Å². The molecule has 6 nitrogen and oxygen atoms in total. The zero-order valence-electron chi connectivity index (χ0n) is 12.0. The molecular weight excluding hydrogens is 296 g/mol. The van der Waals surface area contributed by atoms with Crippen LogP contribution < -0.4 is 5.32 Å². The molecule has 0 saturated carbocycles. The van der Waals surface area contributed by atoms with Crippen LogP contribution in [0.25, 0.3) is 5.69 Å². The molecule has 0 aliphatic heterocycles. The quantitative estimate of drug-likeness (QED) is 0.518. The van der Waals surface area contributed by atoms with Crippen molar-refractivity contribution in [3.05, 3.63) is 60.4 Å². The summed E-state index contributed by atoms with van der Waals surface area (Å²) in [5.74, 6) is 0.957. The summed E-state index contributed by atoms with van der Waals surface area (Å²) in [6, 6.07) is 14.0. The zero-order chi connectivity index (χ0) is 15.0. The molecule has 2 aromatic heterocycles. The van der Waals surface area contributed by atoms with Crippen LogP contribution in [0.1, 0.15) is 5.56 Å². The molecule has 22 heavy (non-hydrogen) atoms. The first-order valence-corrected chi connectivity index (χ1v) is 8.09. The maximum Gasteiger partial charge on any atom is 0.214 e. The first kappa shape index (κ1) is 14.7. The van der Waals surface area contributed by atoms with Crippen LogP contribution >= 0.6 is 11.8 Å². The fraction of sp³-hybridized carbons (Fsp3) is 0.200. The average Bonchev–Trinajstić information content (AvgIpc) is 3.05. The lowest BCUT2D eigenvalue weighted by atomic mass is 10.3. The minimum atomic E-state index is 0.823. The second-order valence-electron chi connectivity index (χ2n) is 4.69. The summed E-state index contributed by atoms with van der Waals surface area (Å²) in [6.45, 7) is 1.97. The lowest BCUT2D eigenvalue weighted by molar-refractivity contribution is -0.666. The van der Waals surface area contributed by atoms with E-state index < -0.39 is 0 Å². The van der Waals surface area contributed by atoms with Gasteiger partial charge in [-0.2, -0.15) is 4.68 Å². The second kappa shape index (κ2) is 7.67. The third-order valence-corrected chi connectivity index (χ3v) is 4.08. The highest BCUT2D eigenvalue weighted by atomic mass is 32.2. The van der Waals surface area contributed by atoms with Crippen molar-refractivity contribution in [3.63, 3.8) is 0 Å². The molecule has 0 bridgehead atoms. The van der Waals surface area contributed by atoms with Gasteiger partial charge in [0.2, 0.25) is 5.16 Å². The summed E-state index contributed by atoms with van der Waals surface area (Å²) < 4.78 is 1.77. The average molecular weight is 313 g/mol. The number of hydrogen-bond donors (Lipinski definition) is 1. The van der Waals surface area contributed by atoms with Gasteiger partial charge in [0.1, 0.15) is 6.54 Å². The van der Waals surface area contributed by atoms with Crippen molar-refractivity contribution in [1.82, 2.24) is 25.2 Å². The number of aromatic nitrogens is 5. The van der Waals surface area contributed by atoms with Crippen LogP contribution in [-0.2, 0) is 6.54 Å². The van der Waals surface area contributed by atoms with E-state index in [0.717, 1.165) is 29.7 Å². The van der Waals surface area contributed by atoms with E-state index in [9.17, 15) is 0 Å². The number of thioether (sulfide) groups is 1. The number of benzene rings is 1. The summed E-state index contributed by atoms with van der Waals surface area (Å²) in [7, 11) is 0. The first-order chi connectivity index (χ1) is 10.9. The molecule has 3 rings (SSSR count). The van der Waals surface area contributed by atoms with E-state index in [2.05, 4.69) is 25.8 Å². The largest absolute Gasteiger partial charge is 0.342 e. The number of nitrogens with two attached hydrogens (primary N) is 1.